The second kappa shape index (κ2) is 11.8. The van der Waals surface area contributed by atoms with E-state index in [0.717, 1.165) is 61.0 Å². The van der Waals surface area contributed by atoms with Crippen LogP contribution in [0.2, 0.25) is 0 Å². The Balaban J connectivity index is 1.27. The molecule has 0 amide bonds. The van der Waals surface area contributed by atoms with Crippen molar-refractivity contribution in [3.8, 4) is 45.8 Å². The molecule has 0 aliphatic heterocycles. The molecule has 0 spiro atoms. The van der Waals surface area contributed by atoms with Crippen molar-refractivity contribution in [3.05, 3.63) is 170 Å². The van der Waals surface area contributed by atoms with Crippen LogP contribution in [-0.4, -0.2) is 29.1 Å². The second-order valence-electron chi connectivity index (χ2n) is 13.1. The lowest BCUT2D eigenvalue weighted by Crippen LogP contribution is -2.06. The van der Waals surface area contributed by atoms with E-state index in [2.05, 4.69) is 137 Å². The van der Waals surface area contributed by atoms with Crippen LogP contribution in [-0.2, 0) is 0 Å². The molecule has 0 aliphatic rings. The van der Waals surface area contributed by atoms with Crippen LogP contribution < -0.4 is 0 Å². The maximum Gasteiger partial charge on any atom is 0.238 e. The van der Waals surface area contributed by atoms with Gasteiger partial charge in [0.15, 0.2) is 11.6 Å². The third-order valence-corrected chi connectivity index (χ3v) is 11.2. The summed E-state index contributed by atoms with van der Waals surface area (Å²) in [5, 5.41) is 4.66. The van der Waals surface area contributed by atoms with Crippen LogP contribution in [0.25, 0.3) is 98.8 Å². The van der Waals surface area contributed by atoms with Crippen molar-refractivity contribution >= 4 is 64.3 Å². The van der Waals surface area contributed by atoms with Gasteiger partial charge in [0.2, 0.25) is 5.95 Å². The molecular weight excluding hydrogens is 669 g/mol. The van der Waals surface area contributed by atoms with Gasteiger partial charge in [-0.15, -0.1) is 11.3 Å². The molecule has 11 rings (SSSR count). The fourth-order valence-electron chi connectivity index (χ4n) is 7.65. The van der Waals surface area contributed by atoms with E-state index in [1.54, 1.807) is 0 Å². The van der Waals surface area contributed by atoms with Crippen LogP contribution >= 0.6 is 11.3 Å². The summed E-state index contributed by atoms with van der Waals surface area (Å²) in [6, 6.07) is 58.8. The lowest BCUT2D eigenvalue weighted by Gasteiger charge is -2.11. The Morgan fingerprint density at radius 2 is 1.00 bits per heavy atom. The molecule has 0 saturated heterocycles. The maximum atomic E-state index is 5.27. The van der Waals surface area contributed by atoms with Crippen molar-refractivity contribution in [2.75, 3.05) is 0 Å². The molecule has 0 radical (unpaired) electrons. The first-order chi connectivity index (χ1) is 26.3. The van der Waals surface area contributed by atoms with Crippen molar-refractivity contribution in [2.24, 2.45) is 0 Å². The molecule has 0 atom stereocenters. The smallest absolute Gasteiger partial charge is 0.238 e. The molecule has 0 bridgehead atoms. The molecule has 4 aromatic heterocycles. The number of thiophene rings is 1. The van der Waals surface area contributed by atoms with Crippen molar-refractivity contribution in [1.29, 1.82) is 0 Å². The monoisotopic (exact) mass is 696 g/mol. The van der Waals surface area contributed by atoms with E-state index >= 15 is 0 Å². The molecule has 248 valence electrons. The van der Waals surface area contributed by atoms with E-state index in [1.807, 2.05) is 53.8 Å². The van der Waals surface area contributed by atoms with Gasteiger partial charge in [0.1, 0.15) is 5.82 Å². The predicted octanol–water partition coefficient (Wildman–Crippen LogP) is 11.7. The van der Waals surface area contributed by atoms with Crippen LogP contribution in [0.5, 0.6) is 0 Å². The largest absolute Gasteiger partial charge is 0.292 e. The van der Waals surface area contributed by atoms with Gasteiger partial charge >= 0.3 is 0 Å². The van der Waals surface area contributed by atoms with Crippen molar-refractivity contribution in [3.63, 3.8) is 0 Å². The highest BCUT2D eigenvalue weighted by Gasteiger charge is 2.24. The molecular formula is C46H28N6S. The van der Waals surface area contributed by atoms with Gasteiger partial charge in [-0.25, -0.2) is 9.97 Å². The highest BCUT2D eigenvalue weighted by atomic mass is 32.1. The molecule has 4 heterocycles. The van der Waals surface area contributed by atoms with Gasteiger partial charge in [-0.2, -0.15) is 9.97 Å². The number of aromatic nitrogens is 6. The van der Waals surface area contributed by atoms with E-state index < -0.39 is 0 Å². The Morgan fingerprint density at radius 3 is 1.68 bits per heavy atom. The Labute approximate surface area is 307 Å². The highest BCUT2D eigenvalue weighted by molar-refractivity contribution is 7.26. The van der Waals surface area contributed by atoms with Gasteiger partial charge in [-0.3, -0.25) is 9.13 Å². The summed E-state index contributed by atoms with van der Waals surface area (Å²) >= 11 is 1.81. The van der Waals surface area contributed by atoms with Crippen LogP contribution in [0.15, 0.2) is 170 Å². The summed E-state index contributed by atoms with van der Waals surface area (Å²) in [5.41, 5.74) is 8.19. The number of imidazole rings is 1. The SMILES string of the molecule is c1ccc(-c2nc(-c3ccccc3)nc(-n3c4ccccc4c4ccc5c(sc6ccc7nc(-c8ccccc8)n(-c8ccccc8)c7c65)c43)n2)cc1. The van der Waals surface area contributed by atoms with Crippen LogP contribution in [0.4, 0.5) is 0 Å². The summed E-state index contributed by atoms with van der Waals surface area (Å²) in [7, 11) is 0. The summed E-state index contributed by atoms with van der Waals surface area (Å²) in [6.45, 7) is 0. The molecule has 0 unspecified atom stereocenters. The maximum absolute atomic E-state index is 5.27. The normalized spacial score (nSPS) is 11.8. The van der Waals surface area contributed by atoms with Crippen molar-refractivity contribution in [2.45, 2.75) is 0 Å². The van der Waals surface area contributed by atoms with Crippen molar-refractivity contribution in [1.82, 2.24) is 29.1 Å². The highest BCUT2D eigenvalue weighted by Crippen LogP contribution is 2.46. The molecule has 11 aromatic rings. The number of hydrogen-bond acceptors (Lipinski definition) is 5. The Morgan fingerprint density at radius 1 is 0.415 bits per heavy atom. The average Bonchev–Trinajstić information content (AvgIpc) is 3.92. The first-order valence-electron chi connectivity index (χ1n) is 17.6. The second-order valence-corrected chi connectivity index (χ2v) is 14.1. The average molecular weight is 697 g/mol. The molecule has 0 N–H and O–H groups in total. The first-order valence-corrected chi connectivity index (χ1v) is 18.4. The molecule has 7 aromatic carbocycles. The predicted molar refractivity (Wildman–Crippen MR) is 218 cm³/mol. The lowest BCUT2D eigenvalue weighted by atomic mass is 10.1. The number of rotatable bonds is 5. The standard InChI is InChI=1S/C46H28N6S/c1-5-15-29(16-6-1)43-48-44(30-17-7-2-8-18-30)50-46(49-43)52-37-24-14-13-23-33(37)34-25-26-35-39-38(53-42(35)40(34)52)28-27-36-41(39)51(32-21-11-4-12-22-32)45(47-36)31-19-9-3-10-20-31/h1-28H. The van der Waals surface area contributed by atoms with Gasteiger partial charge in [0, 0.05) is 48.6 Å². The summed E-state index contributed by atoms with van der Waals surface area (Å²) in [5.74, 6) is 2.76. The number of para-hydroxylation sites is 2. The van der Waals surface area contributed by atoms with Gasteiger partial charge in [-0.1, -0.05) is 140 Å². The zero-order chi connectivity index (χ0) is 34.9. The molecule has 0 aliphatic carbocycles. The van der Waals surface area contributed by atoms with Crippen molar-refractivity contribution < 1.29 is 0 Å². The van der Waals surface area contributed by atoms with E-state index in [4.69, 9.17) is 19.9 Å². The number of benzene rings is 7. The zero-order valence-electron chi connectivity index (χ0n) is 28.3. The summed E-state index contributed by atoms with van der Waals surface area (Å²) in [6.07, 6.45) is 0. The van der Waals surface area contributed by atoms with E-state index in [-0.39, 0.29) is 0 Å². The quantitative estimate of drug-likeness (QED) is 0.180. The Kier molecular flexibility index (Phi) is 6.62. The molecule has 53 heavy (non-hydrogen) atoms. The number of nitrogens with zero attached hydrogens (tertiary/aromatic N) is 6. The van der Waals surface area contributed by atoms with E-state index in [0.29, 0.717) is 17.6 Å². The number of hydrogen-bond donors (Lipinski definition) is 0. The summed E-state index contributed by atoms with van der Waals surface area (Å²) < 4.78 is 6.93. The molecule has 0 fully saturated rings. The molecule has 7 heteroatoms. The lowest BCUT2D eigenvalue weighted by molar-refractivity contribution is 0.955. The topological polar surface area (TPSA) is 61.4 Å². The minimum atomic E-state index is 0.583. The van der Waals surface area contributed by atoms with E-state index in [9.17, 15) is 0 Å². The minimum Gasteiger partial charge on any atom is -0.292 e. The molecule has 6 nitrogen and oxygen atoms in total. The number of fused-ring (bicyclic) bond motifs is 9. The van der Waals surface area contributed by atoms with Gasteiger partial charge in [0.25, 0.3) is 0 Å². The van der Waals surface area contributed by atoms with Gasteiger partial charge < -0.3 is 0 Å². The molecule has 0 saturated carbocycles. The Hall–Kier alpha value is -6.96. The third-order valence-electron chi connectivity index (χ3n) is 9.99. The van der Waals surface area contributed by atoms with Crippen LogP contribution in [0.3, 0.4) is 0 Å². The Bertz CT molecular complexity index is 3090. The zero-order valence-corrected chi connectivity index (χ0v) is 29.1. The van der Waals surface area contributed by atoms with Gasteiger partial charge in [-0.05, 0) is 30.3 Å². The fourth-order valence-corrected chi connectivity index (χ4v) is 8.89. The minimum absolute atomic E-state index is 0.583. The fraction of sp³-hybridized carbons (Fsp3) is 0. The first kappa shape index (κ1) is 29.7. The third kappa shape index (κ3) is 4.64. The van der Waals surface area contributed by atoms with Gasteiger partial charge in [0.05, 0.1) is 26.8 Å². The van der Waals surface area contributed by atoms with Crippen LogP contribution in [0, 0.1) is 0 Å². The summed E-state index contributed by atoms with van der Waals surface area (Å²) in [4.78, 5) is 20.7. The van der Waals surface area contributed by atoms with E-state index in [1.165, 1.54) is 20.2 Å². The van der Waals surface area contributed by atoms with Crippen LogP contribution in [0.1, 0.15) is 0 Å².